The van der Waals surface area contributed by atoms with Gasteiger partial charge in [-0.2, -0.15) is 0 Å². The molecule has 3 heterocycles. The molecule has 4 rings (SSSR count). The number of H-pyrrole nitrogens is 1. The van der Waals surface area contributed by atoms with Crippen LogP contribution < -0.4 is 15.6 Å². The van der Waals surface area contributed by atoms with E-state index in [4.69, 9.17) is 0 Å². The molecule has 1 fully saturated rings. The molecule has 3 aromatic rings. The van der Waals surface area contributed by atoms with E-state index in [9.17, 15) is 14.0 Å². The van der Waals surface area contributed by atoms with Crippen LogP contribution in [0, 0.1) is 5.82 Å². The third kappa shape index (κ3) is 3.43. The van der Waals surface area contributed by atoms with Gasteiger partial charge in [0.15, 0.2) is 0 Å². The van der Waals surface area contributed by atoms with E-state index in [0.717, 1.165) is 6.07 Å². The number of nitrogens with one attached hydrogen (secondary N) is 2. The molecule has 0 aliphatic carbocycles. The van der Waals surface area contributed by atoms with E-state index in [2.05, 4.69) is 20.3 Å². The minimum atomic E-state index is -0.504. The number of nitrogens with zero attached hydrogens (tertiary/aromatic N) is 4. The number of carbonyl (C=O) groups excluding carboxylic acids is 1. The van der Waals surface area contributed by atoms with E-state index in [1.807, 2.05) is 4.90 Å². The molecule has 9 heteroatoms. The van der Waals surface area contributed by atoms with Crippen molar-refractivity contribution in [2.45, 2.75) is 0 Å². The number of hydrogen-bond acceptors (Lipinski definition) is 5. The van der Waals surface area contributed by atoms with Crippen molar-refractivity contribution in [1.29, 1.82) is 0 Å². The highest BCUT2D eigenvalue weighted by atomic mass is 19.1. The molecule has 1 aliphatic rings. The van der Waals surface area contributed by atoms with E-state index in [1.54, 1.807) is 23.4 Å². The molecule has 1 aromatic carbocycles. The first-order valence-corrected chi connectivity index (χ1v) is 8.51. The van der Waals surface area contributed by atoms with Crippen LogP contribution in [0.25, 0.3) is 10.9 Å². The molecule has 2 amide bonds. The zero-order valence-electron chi connectivity index (χ0n) is 14.4. The molecule has 0 radical (unpaired) electrons. The number of halogens is 1. The number of hydrogen-bond donors (Lipinski definition) is 2. The van der Waals surface area contributed by atoms with Gasteiger partial charge in [0.05, 0.1) is 5.39 Å². The van der Waals surface area contributed by atoms with Crippen molar-refractivity contribution in [2.75, 3.05) is 36.4 Å². The maximum absolute atomic E-state index is 13.4. The fraction of sp³-hybridized carbons (Fsp3) is 0.222. The van der Waals surface area contributed by atoms with Crippen LogP contribution in [0.4, 0.5) is 20.8 Å². The third-order valence-corrected chi connectivity index (χ3v) is 4.49. The second-order valence-corrected chi connectivity index (χ2v) is 6.17. The quantitative estimate of drug-likeness (QED) is 0.719. The highest BCUT2D eigenvalue weighted by molar-refractivity contribution is 5.92. The Labute approximate surface area is 153 Å². The number of rotatable bonds is 2. The molecular weight excluding hydrogens is 351 g/mol. The molecular formula is C18H17FN6O2. The number of pyridine rings is 1. The van der Waals surface area contributed by atoms with Gasteiger partial charge in [0.2, 0.25) is 11.4 Å². The van der Waals surface area contributed by atoms with Crippen LogP contribution in [0.1, 0.15) is 0 Å². The number of urea groups is 1. The highest BCUT2D eigenvalue weighted by Gasteiger charge is 2.23. The van der Waals surface area contributed by atoms with Crippen molar-refractivity contribution < 1.29 is 9.18 Å². The number of anilines is 2. The maximum atomic E-state index is 13.4. The second-order valence-electron chi connectivity index (χ2n) is 6.17. The van der Waals surface area contributed by atoms with E-state index >= 15 is 0 Å². The van der Waals surface area contributed by atoms with E-state index < -0.39 is 11.2 Å². The number of piperazine rings is 1. The monoisotopic (exact) mass is 368 g/mol. The Bertz CT molecular complexity index is 1030. The van der Waals surface area contributed by atoms with Crippen LogP contribution in [-0.4, -0.2) is 52.1 Å². The number of aromatic amines is 1. The van der Waals surface area contributed by atoms with Crippen molar-refractivity contribution in [3.8, 4) is 0 Å². The van der Waals surface area contributed by atoms with Gasteiger partial charge in [0.25, 0.3) is 0 Å². The normalized spacial score (nSPS) is 14.4. The summed E-state index contributed by atoms with van der Waals surface area (Å²) in [5, 5.41) is 2.81. The van der Waals surface area contributed by atoms with E-state index in [1.165, 1.54) is 18.3 Å². The zero-order chi connectivity index (χ0) is 18.8. The fourth-order valence-electron chi connectivity index (χ4n) is 3.04. The maximum Gasteiger partial charge on any atom is 0.322 e. The summed E-state index contributed by atoms with van der Waals surface area (Å²) in [4.78, 5) is 39.9. The largest absolute Gasteiger partial charge is 0.359 e. The molecule has 0 atom stereocenters. The summed E-state index contributed by atoms with van der Waals surface area (Å²) in [7, 11) is 0. The predicted octanol–water partition coefficient (Wildman–Crippen LogP) is 1.81. The summed E-state index contributed by atoms with van der Waals surface area (Å²) in [6.45, 7) is 2.14. The minimum absolute atomic E-state index is 0.0897. The molecule has 27 heavy (non-hydrogen) atoms. The average Bonchev–Trinajstić information content (AvgIpc) is 2.71. The van der Waals surface area contributed by atoms with Gasteiger partial charge < -0.3 is 20.1 Å². The predicted molar refractivity (Wildman–Crippen MR) is 99.4 cm³/mol. The Kier molecular flexibility index (Phi) is 4.41. The summed E-state index contributed by atoms with van der Waals surface area (Å²) in [5.41, 5.74) is 0.177. The lowest BCUT2D eigenvalue weighted by atomic mass is 10.2. The van der Waals surface area contributed by atoms with Crippen molar-refractivity contribution in [3.05, 3.63) is 58.9 Å². The Morgan fingerprint density at radius 2 is 1.89 bits per heavy atom. The Balaban J connectivity index is 1.45. The van der Waals surface area contributed by atoms with Gasteiger partial charge in [-0.15, -0.1) is 0 Å². The Morgan fingerprint density at radius 1 is 1.15 bits per heavy atom. The van der Waals surface area contributed by atoms with Gasteiger partial charge in [-0.05, 0) is 24.3 Å². The molecule has 2 aromatic heterocycles. The van der Waals surface area contributed by atoms with Crippen molar-refractivity contribution >= 4 is 28.6 Å². The molecule has 1 aliphatic heterocycles. The molecule has 0 unspecified atom stereocenters. The Morgan fingerprint density at radius 3 is 2.63 bits per heavy atom. The fourth-order valence-corrected chi connectivity index (χ4v) is 3.04. The zero-order valence-corrected chi connectivity index (χ0v) is 14.4. The van der Waals surface area contributed by atoms with Crippen molar-refractivity contribution in [3.63, 3.8) is 0 Å². The molecule has 0 spiro atoms. The Hall–Kier alpha value is -3.49. The summed E-state index contributed by atoms with van der Waals surface area (Å²) < 4.78 is 13.4. The van der Waals surface area contributed by atoms with E-state index in [-0.39, 0.29) is 17.1 Å². The van der Waals surface area contributed by atoms with Crippen LogP contribution in [-0.2, 0) is 0 Å². The first-order chi connectivity index (χ1) is 13.1. The average molecular weight is 368 g/mol. The lowest BCUT2D eigenvalue weighted by molar-refractivity contribution is 0.208. The van der Waals surface area contributed by atoms with Gasteiger partial charge in [0, 0.05) is 50.3 Å². The molecule has 1 saturated heterocycles. The number of benzene rings is 1. The lowest BCUT2D eigenvalue weighted by Gasteiger charge is -2.34. The van der Waals surface area contributed by atoms with Gasteiger partial charge in [0.1, 0.15) is 11.5 Å². The molecule has 8 nitrogen and oxygen atoms in total. The lowest BCUT2D eigenvalue weighted by Crippen LogP contribution is -2.50. The van der Waals surface area contributed by atoms with Crippen molar-refractivity contribution in [2.24, 2.45) is 0 Å². The molecule has 0 saturated carbocycles. The minimum Gasteiger partial charge on any atom is -0.359 e. The summed E-state index contributed by atoms with van der Waals surface area (Å²) in [6.07, 6.45) is 4.78. The van der Waals surface area contributed by atoms with Crippen LogP contribution in [0.5, 0.6) is 0 Å². The topological polar surface area (TPSA) is 94.2 Å². The highest BCUT2D eigenvalue weighted by Crippen LogP contribution is 2.14. The van der Waals surface area contributed by atoms with Gasteiger partial charge in [-0.25, -0.2) is 19.2 Å². The van der Waals surface area contributed by atoms with Crippen LogP contribution in [0.15, 0.2) is 47.7 Å². The summed E-state index contributed by atoms with van der Waals surface area (Å²) in [6, 6.07) is 5.29. The third-order valence-electron chi connectivity index (χ3n) is 4.49. The standard InChI is InChI=1S/C18H17FN6O2/c19-12-2-3-14-13(10-12)16(26)15(11-22-14)23-18(27)25-8-6-24(7-9-25)17-20-4-1-5-21-17/h1-5,10-11H,6-9H2,(H,22,26)(H,23,27). The van der Waals surface area contributed by atoms with Gasteiger partial charge in [-0.3, -0.25) is 4.79 Å². The first-order valence-electron chi connectivity index (χ1n) is 8.51. The van der Waals surface area contributed by atoms with Gasteiger partial charge in [-0.1, -0.05) is 0 Å². The smallest absolute Gasteiger partial charge is 0.322 e. The van der Waals surface area contributed by atoms with Crippen LogP contribution in [0.2, 0.25) is 0 Å². The molecule has 2 N–H and O–H groups in total. The number of amides is 2. The number of carbonyl (C=O) groups is 1. The molecule has 0 bridgehead atoms. The SMILES string of the molecule is O=C(Nc1c[nH]c2ccc(F)cc2c1=O)N1CCN(c2ncccn2)CC1. The number of fused-ring (bicyclic) bond motifs is 1. The van der Waals surface area contributed by atoms with Crippen molar-refractivity contribution in [1.82, 2.24) is 19.9 Å². The second kappa shape index (κ2) is 7.02. The van der Waals surface area contributed by atoms with E-state index in [0.29, 0.717) is 37.6 Å². The van der Waals surface area contributed by atoms with Crippen LogP contribution in [0.3, 0.4) is 0 Å². The molecule has 138 valence electrons. The van der Waals surface area contributed by atoms with Crippen LogP contribution >= 0.6 is 0 Å². The number of aromatic nitrogens is 3. The van der Waals surface area contributed by atoms with Gasteiger partial charge >= 0.3 is 6.03 Å². The summed E-state index contributed by atoms with van der Waals surface area (Å²) >= 11 is 0. The first kappa shape index (κ1) is 17.0. The summed E-state index contributed by atoms with van der Waals surface area (Å²) in [5.74, 6) is 0.126.